The molecule has 1 aromatic carbocycles. The summed E-state index contributed by atoms with van der Waals surface area (Å²) in [5.74, 6) is 0. The lowest BCUT2D eigenvalue weighted by molar-refractivity contribution is 0.466. The Morgan fingerprint density at radius 3 is 2.83 bits per heavy atom. The molecule has 0 saturated heterocycles. The van der Waals surface area contributed by atoms with Gasteiger partial charge in [-0.3, -0.25) is 0 Å². The molecule has 0 saturated carbocycles. The van der Waals surface area contributed by atoms with Gasteiger partial charge in [-0.1, -0.05) is 24.3 Å². The first-order valence-electron chi connectivity index (χ1n) is 6.05. The van der Waals surface area contributed by atoms with Crippen molar-refractivity contribution in [3.63, 3.8) is 0 Å². The summed E-state index contributed by atoms with van der Waals surface area (Å²) in [5.41, 5.74) is 8.97. The van der Waals surface area contributed by atoms with Crippen molar-refractivity contribution in [2.45, 2.75) is 25.0 Å². The Hall–Kier alpha value is -0.680. The van der Waals surface area contributed by atoms with Crippen molar-refractivity contribution in [3.05, 3.63) is 56.2 Å². The van der Waals surface area contributed by atoms with E-state index >= 15 is 0 Å². The number of nitrogens with two attached hydrogens (primary N) is 1. The quantitative estimate of drug-likeness (QED) is 0.910. The smallest absolute Gasteiger partial charge is 0.0701 e. The Morgan fingerprint density at radius 2 is 2.11 bits per heavy atom. The highest BCUT2D eigenvalue weighted by atomic mass is 79.9. The van der Waals surface area contributed by atoms with E-state index in [2.05, 4.69) is 57.6 Å². The molecule has 0 fully saturated rings. The van der Waals surface area contributed by atoms with Crippen molar-refractivity contribution in [2.24, 2.45) is 5.73 Å². The van der Waals surface area contributed by atoms with Gasteiger partial charge in [0.2, 0.25) is 0 Å². The highest BCUT2D eigenvalue weighted by Crippen LogP contribution is 2.30. The molecule has 2 atom stereocenters. The summed E-state index contributed by atoms with van der Waals surface area (Å²) in [4.78, 5) is 1.34. The van der Waals surface area contributed by atoms with E-state index in [4.69, 9.17) is 5.73 Å². The number of halogens is 1. The molecule has 3 N–H and O–H groups in total. The minimum absolute atomic E-state index is 0.115. The van der Waals surface area contributed by atoms with Crippen molar-refractivity contribution < 1.29 is 0 Å². The van der Waals surface area contributed by atoms with E-state index in [1.165, 1.54) is 19.8 Å². The van der Waals surface area contributed by atoms with Crippen LogP contribution < -0.4 is 11.1 Å². The molecule has 0 radical (unpaired) electrons. The minimum Gasteiger partial charge on any atom is -0.323 e. The van der Waals surface area contributed by atoms with Gasteiger partial charge in [-0.05, 0) is 45.6 Å². The zero-order valence-electron chi connectivity index (χ0n) is 9.90. The van der Waals surface area contributed by atoms with Crippen molar-refractivity contribution in [1.82, 2.24) is 5.32 Å². The van der Waals surface area contributed by atoms with Gasteiger partial charge in [0, 0.05) is 23.5 Å². The molecule has 0 spiro atoms. The van der Waals surface area contributed by atoms with Gasteiger partial charge in [-0.25, -0.2) is 0 Å². The van der Waals surface area contributed by atoms with E-state index in [0.29, 0.717) is 6.04 Å². The van der Waals surface area contributed by atoms with Crippen LogP contribution in [0.2, 0.25) is 0 Å². The van der Waals surface area contributed by atoms with Crippen molar-refractivity contribution >= 4 is 27.3 Å². The Morgan fingerprint density at radius 1 is 1.28 bits per heavy atom. The van der Waals surface area contributed by atoms with Crippen LogP contribution in [0, 0.1) is 0 Å². The molecule has 1 aromatic heterocycles. The van der Waals surface area contributed by atoms with Gasteiger partial charge in [0.25, 0.3) is 0 Å². The summed E-state index contributed by atoms with van der Waals surface area (Å²) in [6.07, 6.45) is 1.03. The molecule has 1 heterocycles. The molecule has 0 aliphatic heterocycles. The fourth-order valence-electron chi connectivity index (χ4n) is 2.50. The monoisotopic (exact) mass is 322 g/mol. The largest absolute Gasteiger partial charge is 0.323 e. The highest BCUT2D eigenvalue weighted by Gasteiger charge is 2.28. The summed E-state index contributed by atoms with van der Waals surface area (Å²) in [5, 5.41) is 3.57. The molecule has 18 heavy (non-hydrogen) atoms. The second-order valence-electron chi connectivity index (χ2n) is 4.62. The molecule has 3 rings (SSSR count). The van der Waals surface area contributed by atoms with Gasteiger partial charge in [0.1, 0.15) is 0 Å². The Labute approximate surface area is 119 Å². The number of fused-ring (bicyclic) bond motifs is 1. The van der Waals surface area contributed by atoms with E-state index in [9.17, 15) is 0 Å². The fourth-order valence-corrected chi connectivity index (χ4v) is 3.94. The van der Waals surface area contributed by atoms with Crippen LogP contribution in [0.25, 0.3) is 0 Å². The average molecular weight is 323 g/mol. The zero-order valence-corrected chi connectivity index (χ0v) is 12.3. The third kappa shape index (κ3) is 2.38. The summed E-state index contributed by atoms with van der Waals surface area (Å²) >= 11 is 5.26. The first kappa shape index (κ1) is 12.4. The first-order chi connectivity index (χ1) is 8.74. The molecular weight excluding hydrogens is 308 g/mol. The molecule has 1 aliphatic rings. The van der Waals surface area contributed by atoms with Crippen LogP contribution in [-0.4, -0.2) is 6.04 Å². The average Bonchev–Trinajstić information content (AvgIpc) is 2.92. The number of benzene rings is 1. The number of thiophene rings is 1. The van der Waals surface area contributed by atoms with Crippen molar-refractivity contribution in [3.8, 4) is 0 Å². The number of hydrogen-bond acceptors (Lipinski definition) is 3. The maximum atomic E-state index is 6.29. The SMILES string of the molecule is N[C@@H]1c2ccccc2C[C@H]1NCc1ccc(Br)s1. The van der Waals surface area contributed by atoms with E-state index in [0.717, 1.165) is 13.0 Å². The van der Waals surface area contributed by atoms with Crippen LogP contribution in [0.5, 0.6) is 0 Å². The fraction of sp³-hybridized carbons (Fsp3) is 0.286. The van der Waals surface area contributed by atoms with Gasteiger partial charge in [-0.2, -0.15) is 0 Å². The Bertz CT molecular complexity index is 552. The first-order valence-corrected chi connectivity index (χ1v) is 7.66. The molecule has 0 bridgehead atoms. The van der Waals surface area contributed by atoms with Crippen LogP contribution in [0.15, 0.2) is 40.2 Å². The molecular formula is C14H15BrN2S. The topological polar surface area (TPSA) is 38.0 Å². The Balaban J connectivity index is 1.66. The maximum absolute atomic E-state index is 6.29. The molecule has 0 amide bonds. The van der Waals surface area contributed by atoms with Gasteiger partial charge in [0.05, 0.1) is 3.79 Å². The standard InChI is InChI=1S/C14H15BrN2S/c15-13-6-5-10(18-13)8-17-12-7-9-3-1-2-4-11(9)14(12)16/h1-6,12,14,17H,7-8,16H2/t12-,14-/m1/s1. The lowest BCUT2D eigenvalue weighted by Crippen LogP contribution is -2.36. The molecule has 2 nitrogen and oxygen atoms in total. The predicted molar refractivity (Wildman–Crippen MR) is 79.7 cm³/mol. The van der Waals surface area contributed by atoms with Gasteiger partial charge in [0.15, 0.2) is 0 Å². The lowest BCUT2D eigenvalue weighted by Gasteiger charge is -2.17. The normalized spacial score (nSPS) is 22.1. The van der Waals surface area contributed by atoms with E-state index in [1.54, 1.807) is 11.3 Å². The zero-order chi connectivity index (χ0) is 12.5. The molecule has 0 unspecified atom stereocenters. The van der Waals surface area contributed by atoms with E-state index in [-0.39, 0.29) is 6.04 Å². The summed E-state index contributed by atoms with van der Waals surface area (Å²) in [7, 11) is 0. The summed E-state index contributed by atoms with van der Waals surface area (Å²) < 4.78 is 1.18. The second-order valence-corrected chi connectivity index (χ2v) is 7.17. The van der Waals surface area contributed by atoms with Crippen LogP contribution in [0.1, 0.15) is 22.0 Å². The molecule has 2 aromatic rings. The predicted octanol–water partition coefficient (Wildman–Crippen LogP) is 3.22. The molecule has 94 valence electrons. The molecule has 4 heteroatoms. The van der Waals surface area contributed by atoms with Crippen LogP contribution in [0.3, 0.4) is 0 Å². The van der Waals surface area contributed by atoms with Gasteiger partial charge in [-0.15, -0.1) is 11.3 Å². The number of hydrogen-bond donors (Lipinski definition) is 2. The summed E-state index contributed by atoms with van der Waals surface area (Å²) in [6.45, 7) is 0.891. The third-order valence-electron chi connectivity index (χ3n) is 3.45. The lowest BCUT2D eigenvalue weighted by atomic mass is 10.1. The van der Waals surface area contributed by atoms with Gasteiger partial charge < -0.3 is 11.1 Å². The Kier molecular flexibility index (Phi) is 3.52. The maximum Gasteiger partial charge on any atom is 0.0701 e. The van der Waals surface area contributed by atoms with E-state index < -0.39 is 0 Å². The highest BCUT2D eigenvalue weighted by molar-refractivity contribution is 9.11. The van der Waals surface area contributed by atoms with E-state index in [1.807, 2.05) is 0 Å². The molecule has 1 aliphatic carbocycles. The van der Waals surface area contributed by atoms with Crippen molar-refractivity contribution in [2.75, 3.05) is 0 Å². The number of nitrogens with one attached hydrogen (secondary N) is 1. The third-order valence-corrected chi connectivity index (χ3v) is 5.08. The number of rotatable bonds is 3. The van der Waals surface area contributed by atoms with Crippen LogP contribution >= 0.6 is 27.3 Å². The van der Waals surface area contributed by atoms with Crippen molar-refractivity contribution in [1.29, 1.82) is 0 Å². The van der Waals surface area contributed by atoms with Gasteiger partial charge >= 0.3 is 0 Å². The van der Waals surface area contributed by atoms with Crippen LogP contribution in [0.4, 0.5) is 0 Å². The second kappa shape index (κ2) is 5.13. The minimum atomic E-state index is 0.115. The summed E-state index contributed by atoms with van der Waals surface area (Å²) in [6, 6.07) is 13.2. The van der Waals surface area contributed by atoms with Crippen LogP contribution in [-0.2, 0) is 13.0 Å².